The number of rotatable bonds is 5. The third-order valence-electron chi connectivity index (χ3n) is 4.01. The van der Waals surface area contributed by atoms with Gasteiger partial charge in [0.1, 0.15) is 5.82 Å². The lowest BCUT2D eigenvalue weighted by molar-refractivity contribution is 0.0949. The van der Waals surface area contributed by atoms with E-state index in [-0.39, 0.29) is 5.91 Å². The molecule has 0 saturated carbocycles. The van der Waals surface area contributed by atoms with Gasteiger partial charge in [-0.05, 0) is 67.3 Å². The molecule has 0 atom stereocenters. The second kappa shape index (κ2) is 7.75. The second-order valence-electron chi connectivity index (χ2n) is 5.59. The van der Waals surface area contributed by atoms with Crippen LogP contribution in [0.2, 0.25) is 0 Å². The summed E-state index contributed by atoms with van der Waals surface area (Å²) in [7, 11) is 3.93. The molecule has 0 unspecified atom stereocenters. The van der Waals surface area contributed by atoms with Crippen LogP contribution in [0, 0.1) is 5.92 Å². The molecule has 0 spiro atoms. The molecule has 1 amide bonds. The summed E-state index contributed by atoms with van der Waals surface area (Å²) in [6, 6.07) is 1.80. The number of nitrogens with zero attached hydrogens (tertiary/aromatic N) is 2. The van der Waals surface area contributed by atoms with Gasteiger partial charge in [-0.1, -0.05) is 0 Å². The van der Waals surface area contributed by atoms with Gasteiger partial charge in [0, 0.05) is 24.3 Å². The Morgan fingerprint density at radius 3 is 2.86 bits per heavy atom. The van der Waals surface area contributed by atoms with Gasteiger partial charge in [0.05, 0.1) is 5.56 Å². The van der Waals surface area contributed by atoms with E-state index in [0.717, 1.165) is 36.4 Å². The smallest absolute Gasteiger partial charge is 0.255 e. The van der Waals surface area contributed by atoms with Gasteiger partial charge in [-0.2, -0.15) is 0 Å². The summed E-state index contributed by atoms with van der Waals surface area (Å²) in [5, 5.41) is 5.96. The Kier molecular flexibility index (Phi) is 5.99. The van der Waals surface area contributed by atoms with E-state index < -0.39 is 0 Å². The predicted molar refractivity (Wildman–Crippen MR) is 88.7 cm³/mol. The molecule has 2 N–H and O–H groups in total. The van der Waals surface area contributed by atoms with Crippen LogP contribution >= 0.6 is 15.9 Å². The zero-order valence-electron chi connectivity index (χ0n) is 12.7. The molecule has 0 aliphatic carbocycles. The number of halogens is 1. The molecule has 1 saturated heterocycles. The quantitative estimate of drug-likeness (QED) is 0.851. The minimum Gasteiger partial charge on any atom is -0.372 e. The molecule has 0 radical (unpaired) electrons. The van der Waals surface area contributed by atoms with Gasteiger partial charge in [-0.15, -0.1) is 0 Å². The fourth-order valence-electron chi connectivity index (χ4n) is 2.65. The molecule has 1 fully saturated rings. The zero-order chi connectivity index (χ0) is 15.2. The molecule has 1 aliphatic rings. The molecular formula is C15H23BrN4O. The first kappa shape index (κ1) is 16.2. The Morgan fingerprint density at radius 1 is 1.48 bits per heavy atom. The van der Waals surface area contributed by atoms with Crippen molar-refractivity contribution in [2.75, 3.05) is 39.0 Å². The molecule has 0 aromatic carbocycles. The molecule has 1 aromatic heterocycles. The van der Waals surface area contributed by atoms with Crippen LogP contribution in [0.3, 0.4) is 0 Å². The molecule has 1 aliphatic heterocycles. The van der Waals surface area contributed by atoms with Crippen LogP contribution in [0.25, 0.3) is 0 Å². The molecule has 5 nitrogen and oxygen atoms in total. The van der Waals surface area contributed by atoms with Crippen LogP contribution < -0.4 is 10.6 Å². The number of likely N-dealkylation sites (tertiary alicyclic amines) is 1. The number of piperidine rings is 1. The largest absolute Gasteiger partial charge is 0.372 e. The van der Waals surface area contributed by atoms with E-state index in [0.29, 0.717) is 11.4 Å². The van der Waals surface area contributed by atoms with Crippen molar-refractivity contribution in [1.29, 1.82) is 0 Å². The number of anilines is 1. The van der Waals surface area contributed by atoms with E-state index >= 15 is 0 Å². The molecule has 2 rings (SSSR count). The van der Waals surface area contributed by atoms with Gasteiger partial charge in [-0.3, -0.25) is 4.79 Å². The van der Waals surface area contributed by atoms with E-state index in [1.165, 1.54) is 12.8 Å². The highest BCUT2D eigenvalue weighted by Crippen LogP contribution is 2.20. The van der Waals surface area contributed by atoms with Crippen molar-refractivity contribution in [2.45, 2.75) is 19.3 Å². The van der Waals surface area contributed by atoms with Gasteiger partial charge in [0.25, 0.3) is 5.91 Å². The number of amides is 1. The van der Waals surface area contributed by atoms with E-state index in [9.17, 15) is 4.79 Å². The van der Waals surface area contributed by atoms with Crippen LogP contribution in [-0.4, -0.2) is 49.5 Å². The van der Waals surface area contributed by atoms with Crippen molar-refractivity contribution in [3.05, 3.63) is 22.3 Å². The fourth-order valence-corrected chi connectivity index (χ4v) is 2.98. The topological polar surface area (TPSA) is 57.3 Å². The van der Waals surface area contributed by atoms with Gasteiger partial charge >= 0.3 is 0 Å². The maximum atomic E-state index is 12.3. The summed E-state index contributed by atoms with van der Waals surface area (Å²) in [5.41, 5.74) is 0.579. The van der Waals surface area contributed by atoms with Crippen molar-refractivity contribution in [1.82, 2.24) is 15.2 Å². The highest BCUT2D eigenvalue weighted by Gasteiger charge is 2.17. The first-order valence-corrected chi connectivity index (χ1v) is 8.19. The minimum absolute atomic E-state index is 0.0684. The summed E-state index contributed by atoms with van der Waals surface area (Å²) in [5.74, 6) is 1.27. The number of pyridine rings is 1. The molecule has 1 aromatic rings. The summed E-state index contributed by atoms with van der Waals surface area (Å²) in [6.07, 6.45) is 5.19. The van der Waals surface area contributed by atoms with E-state index in [1.54, 1.807) is 19.3 Å². The summed E-state index contributed by atoms with van der Waals surface area (Å²) < 4.78 is 0.807. The van der Waals surface area contributed by atoms with Crippen molar-refractivity contribution in [3.8, 4) is 0 Å². The van der Waals surface area contributed by atoms with Crippen molar-refractivity contribution in [3.63, 3.8) is 0 Å². The normalized spacial score (nSPS) is 16.7. The maximum absolute atomic E-state index is 12.3. The average molecular weight is 355 g/mol. The van der Waals surface area contributed by atoms with E-state index in [1.807, 2.05) is 0 Å². The van der Waals surface area contributed by atoms with Crippen LogP contribution in [-0.2, 0) is 0 Å². The SMILES string of the molecule is CNc1ncc(Br)cc1C(=O)NCCC1CCN(C)CC1. The Balaban J connectivity index is 1.83. The van der Waals surface area contributed by atoms with Crippen molar-refractivity contribution >= 4 is 27.7 Å². The second-order valence-corrected chi connectivity index (χ2v) is 6.51. The van der Waals surface area contributed by atoms with E-state index in [2.05, 4.69) is 43.5 Å². The predicted octanol–water partition coefficient (Wildman–Crippen LogP) is 2.35. The summed E-state index contributed by atoms with van der Waals surface area (Å²) >= 11 is 3.36. The highest BCUT2D eigenvalue weighted by atomic mass is 79.9. The van der Waals surface area contributed by atoms with Crippen LogP contribution in [0.15, 0.2) is 16.7 Å². The summed E-state index contributed by atoms with van der Waals surface area (Å²) in [4.78, 5) is 18.8. The number of hydrogen-bond donors (Lipinski definition) is 2. The highest BCUT2D eigenvalue weighted by molar-refractivity contribution is 9.10. The monoisotopic (exact) mass is 354 g/mol. The third kappa shape index (κ3) is 4.68. The van der Waals surface area contributed by atoms with Crippen molar-refractivity contribution < 1.29 is 4.79 Å². The lowest BCUT2D eigenvalue weighted by Crippen LogP contribution is -2.33. The van der Waals surface area contributed by atoms with Crippen LogP contribution in [0.1, 0.15) is 29.6 Å². The first-order valence-electron chi connectivity index (χ1n) is 7.40. The lowest BCUT2D eigenvalue weighted by atomic mass is 9.94. The van der Waals surface area contributed by atoms with Crippen molar-refractivity contribution in [2.24, 2.45) is 5.92 Å². The molecule has 2 heterocycles. The van der Waals surface area contributed by atoms with Gasteiger partial charge in [0.2, 0.25) is 0 Å². The third-order valence-corrected chi connectivity index (χ3v) is 4.45. The minimum atomic E-state index is -0.0684. The maximum Gasteiger partial charge on any atom is 0.255 e. The zero-order valence-corrected chi connectivity index (χ0v) is 14.2. The Morgan fingerprint density at radius 2 is 2.19 bits per heavy atom. The first-order chi connectivity index (χ1) is 10.1. The average Bonchev–Trinajstić information content (AvgIpc) is 2.49. The molecule has 21 heavy (non-hydrogen) atoms. The Bertz CT molecular complexity index is 487. The fraction of sp³-hybridized carbons (Fsp3) is 0.600. The number of nitrogens with one attached hydrogen (secondary N) is 2. The number of hydrogen-bond acceptors (Lipinski definition) is 4. The standard InChI is InChI=1S/C15H23BrN4O/c1-17-14-13(9-12(16)10-19-14)15(21)18-6-3-11-4-7-20(2)8-5-11/h9-11H,3-8H2,1-2H3,(H,17,19)(H,18,21). The Labute approximate surface area is 134 Å². The van der Waals surface area contributed by atoms with E-state index in [4.69, 9.17) is 0 Å². The number of aromatic nitrogens is 1. The molecule has 6 heteroatoms. The van der Waals surface area contributed by atoms with Crippen LogP contribution in [0.5, 0.6) is 0 Å². The number of carbonyl (C=O) groups excluding carboxylic acids is 1. The number of carbonyl (C=O) groups is 1. The van der Waals surface area contributed by atoms with Gasteiger partial charge in [0.15, 0.2) is 0 Å². The summed E-state index contributed by atoms with van der Waals surface area (Å²) in [6.45, 7) is 3.05. The lowest BCUT2D eigenvalue weighted by Gasteiger charge is -2.28. The van der Waals surface area contributed by atoms with Crippen LogP contribution in [0.4, 0.5) is 5.82 Å². The molecular weight excluding hydrogens is 332 g/mol. The molecule has 116 valence electrons. The van der Waals surface area contributed by atoms with Gasteiger partial charge < -0.3 is 15.5 Å². The van der Waals surface area contributed by atoms with Gasteiger partial charge in [-0.25, -0.2) is 4.98 Å². The Hall–Kier alpha value is -1.14. The molecule has 0 bridgehead atoms.